The summed E-state index contributed by atoms with van der Waals surface area (Å²) in [6, 6.07) is 83.0. The van der Waals surface area contributed by atoms with Crippen LogP contribution in [0, 0.1) is 0 Å². The van der Waals surface area contributed by atoms with Crippen LogP contribution in [-0.4, -0.2) is 4.57 Å². The number of aromatic nitrogens is 1. The number of furan rings is 1. The standard InChI is InChI=1S/C58H38N2O/c1-2-14-41(15-3-1)49-34-30-43(48-24-13-17-40-16-4-5-20-47(40)48)37-56(49)59(46-33-35-53-52-23-8-11-27-57(52)61-58(53)38-46)44-31-28-39(29-32-44)42-18-12-19-45(36-42)60-54-25-9-6-21-50(54)51-22-7-10-26-55(51)60/h1-38H. The molecule has 0 aliphatic rings. The molecule has 0 saturated carbocycles. The van der Waals surface area contributed by atoms with Crippen LogP contribution in [0.15, 0.2) is 235 Å². The van der Waals surface area contributed by atoms with E-state index in [4.69, 9.17) is 4.42 Å². The van der Waals surface area contributed by atoms with Gasteiger partial charge < -0.3 is 13.9 Å². The number of para-hydroxylation sites is 3. The molecule has 0 fully saturated rings. The van der Waals surface area contributed by atoms with E-state index in [0.717, 1.165) is 72.5 Å². The highest BCUT2D eigenvalue weighted by atomic mass is 16.3. The fourth-order valence-corrected chi connectivity index (χ4v) is 9.33. The van der Waals surface area contributed by atoms with Gasteiger partial charge in [-0.2, -0.15) is 0 Å². The molecule has 12 aromatic rings. The summed E-state index contributed by atoms with van der Waals surface area (Å²) in [6.45, 7) is 0. The zero-order valence-electron chi connectivity index (χ0n) is 33.2. The number of fused-ring (bicyclic) bond motifs is 7. The average molecular weight is 779 g/mol. The lowest BCUT2D eigenvalue weighted by molar-refractivity contribution is 0.669. The van der Waals surface area contributed by atoms with E-state index in [-0.39, 0.29) is 0 Å². The smallest absolute Gasteiger partial charge is 0.137 e. The highest BCUT2D eigenvalue weighted by Gasteiger charge is 2.21. The molecule has 0 unspecified atom stereocenters. The second-order valence-electron chi connectivity index (χ2n) is 15.7. The number of nitrogens with zero attached hydrogens (tertiary/aromatic N) is 2. The molecule has 0 radical (unpaired) electrons. The van der Waals surface area contributed by atoms with E-state index in [1.165, 1.54) is 38.1 Å². The lowest BCUT2D eigenvalue weighted by Gasteiger charge is -2.29. The Balaban J connectivity index is 1.04. The van der Waals surface area contributed by atoms with Gasteiger partial charge in [0.1, 0.15) is 11.2 Å². The first kappa shape index (κ1) is 34.9. The summed E-state index contributed by atoms with van der Waals surface area (Å²) in [4.78, 5) is 2.39. The fraction of sp³-hybridized carbons (Fsp3) is 0. The zero-order valence-corrected chi connectivity index (χ0v) is 33.2. The van der Waals surface area contributed by atoms with E-state index in [2.05, 4.69) is 228 Å². The largest absolute Gasteiger partial charge is 0.456 e. The predicted molar refractivity (Wildman–Crippen MR) is 257 cm³/mol. The van der Waals surface area contributed by atoms with Crippen molar-refractivity contribution in [3.63, 3.8) is 0 Å². The molecule has 2 heterocycles. The Labute approximate surface area is 353 Å². The van der Waals surface area contributed by atoms with Crippen molar-refractivity contribution in [2.45, 2.75) is 0 Å². The topological polar surface area (TPSA) is 21.3 Å². The first-order valence-corrected chi connectivity index (χ1v) is 20.8. The van der Waals surface area contributed by atoms with Crippen LogP contribution in [0.25, 0.3) is 93.6 Å². The summed E-state index contributed by atoms with van der Waals surface area (Å²) in [6.07, 6.45) is 0. The van der Waals surface area contributed by atoms with Crippen molar-refractivity contribution in [1.82, 2.24) is 4.57 Å². The van der Waals surface area contributed by atoms with Crippen molar-refractivity contribution < 1.29 is 4.42 Å². The van der Waals surface area contributed by atoms with Crippen LogP contribution in [0.3, 0.4) is 0 Å². The number of hydrogen-bond acceptors (Lipinski definition) is 2. The van der Waals surface area contributed by atoms with E-state index >= 15 is 0 Å². The van der Waals surface area contributed by atoms with Gasteiger partial charge >= 0.3 is 0 Å². The van der Waals surface area contributed by atoms with Gasteiger partial charge in [0.2, 0.25) is 0 Å². The van der Waals surface area contributed by atoms with Crippen LogP contribution in [-0.2, 0) is 0 Å². The van der Waals surface area contributed by atoms with E-state index in [1.807, 2.05) is 12.1 Å². The first-order valence-electron chi connectivity index (χ1n) is 20.8. The van der Waals surface area contributed by atoms with Crippen LogP contribution < -0.4 is 4.90 Å². The quantitative estimate of drug-likeness (QED) is 0.161. The predicted octanol–water partition coefficient (Wildman–Crippen LogP) is 16.3. The fourth-order valence-electron chi connectivity index (χ4n) is 9.33. The molecule has 0 aliphatic carbocycles. The van der Waals surface area contributed by atoms with Gasteiger partial charge in [0.05, 0.1) is 16.7 Å². The van der Waals surface area contributed by atoms with Gasteiger partial charge in [-0.3, -0.25) is 0 Å². The molecule has 12 rings (SSSR count). The summed E-state index contributed by atoms with van der Waals surface area (Å²) in [5, 5.41) is 7.18. The summed E-state index contributed by atoms with van der Waals surface area (Å²) in [5.74, 6) is 0. The third kappa shape index (κ3) is 5.90. The summed E-state index contributed by atoms with van der Waals surface area (Å²) >= 11 is 0. The van der Waals surface area contributed by atoms with E-state index in [9.17, 15) is 0 Å². The molecule has 286 valence electrons. The minimum Gasteiger partial charge on any atom is -0.456 e. The SMILES string of the molecule is c1ccc(-c2ccc(-c3cccc4ccccc34)cc2N(c2ccc(-c3cccc(-n4c5ccccc5c5ccccc54)c3)cc2)c2ccc3c(c2)oc2ccccc23)cc1. The second kappa shape index (κ2) is 14.3. The van der Waals surface area contributed by atoms with Gasteiger partial charge in [-0.1, -0.05) is 164 Å². The second-order valence-corrected chi connectivity index (χ2v) is 15.7. The van der Waals surface area contributed by atoms with Crippen LogP contribution in [0.4, 0.5) is 17.1 Å². The molecule has 0 saturated heterocycles. The molecule has 2 aromatic heterocycles. The molecule has 3 heteroatoms. The van der Waals surface area contributed by atoms with Gasteiger partial charge in [0.15, 0.2) is 0 Å². The maximum absolute atomic E-state index is 6.51. The Bertz CT molecular complexity index is 3540. The minimum atomic E-state index is 0.855. The number of benzene rings is 10. The third-order valence-corrected chi connectivity index (χ3v) is 12.2. The van der Waals surface area contributed by atoms with E-state index < -0.39 is 0 Å². The molecule has 0 atom stereocenters. The molecule has 0 aliphatic heterocycles. The molecular formula is C58H38N2O. The monoisotopic (exact) mass is 778 g/mol. The number of hydrogen-bond donors (Lipinski definition) is 0. The van der Waals surface area contributed by atoms with Crippen molar-refractivity contribution in [2.75, 3.05) is 4.90 Å². The first-order chi connectivity index (χ1) is 30.2. The van der Waals surface area contributed by atoms with Crippen LogP contribution in [0.2, 0.25) is 0 Å². The Morgan fingerprint density at radius 3 is 1.74 bits per heavy atom. The van der Waals surface area contributed by atoms with Gasteiger partial charge in [-0.15, -0.1) is 0 Å². The van der Waals surface area contributed by atoms with E-state index in [1.54, 1.807) is 0 Å². The molecular weight excluding hydrogens is 741 g/mol. The van der Waals surface area contributed by atoms with Gasteiger partial charge in [-0.05, 0) is 99.3 Å². The molecule has 3 nitrogen and oxygen atoms in total. The Hall–Kier alpha value is -8.14. The molecule has 0 amide bonds. The normalized spacial score (nSPS) is 11.6. The van der Waals surface area contributed by atoms with Gasteiger partial charge in [-0.25, -0.2) is 0 Å². The van der Waals surface area contributed by atoms with Crippen LogP contribution in [0.1, 0.15) is 0 Å². The van der Waals surface area contributed by atoms with Crippen LogP contribution >= 0.6 is 0 Å². The van der Waals surface area contributed by atoms with Crippen LogP contribution in [0.5, 0.6) is 0 Å². The van der Waals surface area contributed by atoms with Gasteiger partial charge in [0, 0.05) is 50.2 Å². The van der Waals surface area contributed by atoms with Crippen molar-refractivity contribution >= 4 is 71.6 Å². The van der Waals surface area contributed by atoms with Crippen molar-refractivity contribution in [3.8, 4) is 39.1 Å². The molecule has 0 bridgehead atoms. The zero-order chi connectivity index (χ0) is 40.3. The summed E-state index contributed by atoms with van der Waals surface area (Å²) in [7, 11) is 0. The minimum absolute atomic E-state index is 0.855. The highest BCUT2D eigenvalue weighted by molar-refractivity contribution is 6.10. The maximum atomic E-state index is 6.51. The third-order valence-electron chi connectivity index (χ3n) is 12.2. The number of anilines is 3. The Morgan fingerprint density at radius 2 is 0.934 bits per heavy atom. The average Bonchev–Trinajstić information content (AvgIpc) is 3.87. The molecule has 0 N–H and O–H groups in total. The maximum Gasteiger partial charge on any atom is 0.137 e. The lowest BCUT2D eigenvalue weighted by atomic mass is 9.94. The highest BCUT2D eigenvalue weighted by Crippen LogP contribution is 2.45. The van der Waals surface area contributed by atoms with E-state index in [0.29, 0.717) is 0 Å². The molecule has 10 aromatic carbocycles. The molecule has 61 heavy (non-hydrogen) atoms. The Morgan fingerprint density at radius 1 is 0.328 bits per heavy atom. The summed E-state index contributed by atoms with van der Waals surface area (Å²) in [5.41, 5.74) is 15.4. The lowest BCUT2D eigenvalue weighted by Crippen LogP contribution is -2.11. The van der Waals surface area contributed by atoms with Crippen molar-refractivity contribution in [3.05, 3.63) is 231 Å². The Kier molecular flexibility index (Phi) is 8.17. The van der Waals surface area contributed by atoms with Crippen molar-refractivity contribution in [2.24, 2.45) is 0 Å². The molecule has 0 spiro atoms. The van der Waals surface area contributed by atoms with Crippen molar-refractivity contribution in [1.29, 1.82) is 0 Å². The van der Waals surface area contributed by atoms with Gasteiger partial charge in [0.25, 0.3) is 0 Å². The summed E-state index contributed by atoms with van der Waals surface area (Å²) < 4.78 is 8.90. The number of rotatable bonds is 7.